The predicted octanol–water partition coefficient (Wildman–Crippen LogP) is 6.68. The molecule has 0 spiro atoms. The molecule has 5 heteroatoms. The third-order valence-electron chi connectivity index (χ3n) is 6.49. The van der Waals surface area contributed by atoms with E-state index in [-0.39, 0.29) is 5.56 Å². The number of allylic oxidation sites excluding steroid dienone is 4. The monoisotopic (exact) mass is 455 g/mol. The minimum absolute atomic E-state index is 0.274. The summed E-state index contributed by atoms with van der Waals surface area (Å²) in [5, 5.41) is 12.9. The van der Waals surface area contributed by atoms with Crippen molar-refractivity contribution in [2.75, 3.05) is 6.54 Å². The Labute approximate surface area is 201 Å². The number of carbonyl (C=O) groups is 1. The molecule has 1 saturated carbocycles. The lowest BCUT2D eigenvalue weighted by atomic mass is 9.94. The molecule has 4 rings (SSSR count). The van der Waals surface area contributed by atoms with Crippen LogP contribution in [0.3, 0.4) is 0 Å². The maximum atomic E-state index is 11.5. The summed E-state index contributed by atoms with van der Waals surface area (Å²) in [6.45, 7) is 6.67. The summed E-state index contributed by atoms with van der Waals surface area (Å²) in [5.74, 6) is 0.00606. The quantitative estimate of drug-likeness (QED) is 0.353. The summed E-state index contributed by atoms with van der Waals surface area (Å²) in [6.07, 6.45) is 14.7. The summed E-state index contributed by atoms with van der Waals surface area (Å²) in [4.78, 5) is 16.5. The van der Waals surface area contributed by atoms with Crippen LogP contribution in [0, 0.1) is 0 Å². The largest absolute Gasteiger partial charge is 0.478 e. The fraction of sp³-hybridized carbons (Fsp3) is 0.310. The van der Waals surface area contributed by atoms with Gasteiger partial charge in [-0.3, -0.25) is 0 Å². The Morgan fingerprint density at radius 3 is 2.76 bits per heavy atom. The molecule has 1 aliphatic rings. The first-order valence-corrected chi connectivity index (χ1v) is 12.1. The van der Waals surface area contributed by atoms with Gasteiger partial charge in [0.25, 0.3) is 0 Å². The second-order valence-corrected chi connectivity index (χ2v) is 8.83. The van der Waals surface area contributed by atoms with Crippen LogP contribution in [0.1, 0.15) is 61.0 Å². The Hall–Kier alpha value is -3.60. The molecule has 1 heterocycles. The second-order valence-electron chi connectivity index (χ2n) is 8.83. The molecular weight excluding hydrogens is 422 g/mol. The fourth-order valence-electron chi connectivity index (χ4n) is 4.76. The molecule has 0 saturated heterocycles. The number of fused-ring (bicyclic) bond motifs is 1. The first kappa shape index (κ1) is 23.6. The van der Waals surface area contributed by atoms with E-state index in [9.17, 15) is 9.90 Å². The number of nitrogens with one attached hydrogen (secondary N) is 1. The van der Waals surface area contributed by atoms with Crippen molar-refractivity contribution in [3.8, 4) is 11.4 Å². The minimum atomic E-state index is -0.924. The van der Waals surface area contributed by atoms with Gasteiger partial charge in [-0.15, -0.1) is 0 Å². The molecule has 2 N–H and O–H groups in total. The first-order valence-electron chi connectivity index (χ1n) is 12.1. The highest BCUT2D eigenvalue weighted by molar-refractivity contribution is 5.93. The number of carboxylic acid groups (broad SMARTS) is 1. The summed E-state index contributed by atoms with van der Waals surface area (Å²) in [7, 11) is 0. The Balaban J connectivity index is 1.65. The lowest BCUT2D eigenvalue weighted by molar-refractivity contribution is 0.0697. The van der Waals surface area contributed by atoms with E-state index in [2.05, 4.69) is 40.7 Å². The Kier molecular flexibility index (Phi) is 7.63. The molecule has 0 bridgehead atoms. The standard InChI is InChI=1S/C29H33N3O2/c1-3-5-12-24(4-2)30-18-17-21-10-9-11-22(19-21)28-31-26-20-23(29(33)34)15-16-27(26)32(28)25-13-7-6-8-14-25/h3-5,9-12,15-16,19-20,25,30H,2,6-8,13-14,17-18H2,1H3,(H,33,34)/b5-3-,24-12+. The summed E-state index contributed by atoms with van der Waals surface area (Å²) in [5.41, 5.74) is 5.34. The molecule has 5 nitrogen and oxygen atoms in total. The number of rotatable bonds is 9. The molecule has 34 heavy (non-hydrogen) atoms. The van der Waals surface area contributed by atoms with E-state index in [4.69, 9.17) is 4.98 Å². The van der Waals surface area contributed by atoms with Crippen molar-refractivity contribution in [1.29, 1.82) is 0 Å². The molecule has 2 aromatic carbocycles. The van der Waals surface area contributed by atoms with Crippen molar-refractivity contribution in [1.82, 2.24) is 14.9 Å². The molecule has 3 aromatic rings. The molecular formula is C29H33N3O2. The van der Waals surface area contributed by atoms with Crippen LogP contribution in [0.5, 0.6) is 0 Å². The predicted molar refractivity (Wildman–Crippen MR) is 139 cm³/mol. The van der Waals surface area contributed by atoms with Gasteiger partial charge in [0.2, 0.25) is 0 Å². The minimum Gasteiger partial charge on any atom is -0.478 e. The molecule has 1 aromatic heterocycles. The molecule has 0 radical (unpaired) electrons. The van der Waals surface area contributed by atoms with Crippen LogP contribution in [0.2, 0.25) is 0 Å². The average Bonchev–Trinajstić information content (AvgIpc) is 3.25. The van der Waals surface area contributed by atoms with Crippen molar-refractivity contribution in [2.24, 2.45) is 0 Å². The van der Waals surface area contributed by atoms with Crippen LogP contribution in [-0.4, -0.2) is 27.2 Å². The average molecular weight is 456 g/mol. The molecule has 1 aliphatic carbocycles. The van der Waals surface area contributed by atoms with E-state index in [0.29, 0.717) is 6.04 Å². The maximum Gasteiger partial charge on any atom is 0.335 e. The topological polar surface area (TPSA) is 67.2 Å². The maximum absolute atomic E-state index is 11.5. The zero-order valence-corrected chi connectivity index (χ0v) is 19.8. The molecule has 1 fully saturated rings. The number of carboxylic acids is 1. The number of hydrogen-bond acceptors (Lipinski definition) is 3. The number of benzene rings is 2. The van der Waals surface area contributed by atoms with Crippen molar-refractivity contribution >= 4 is 17.0 Å². The number of nitrogens with zero attached hydrogens (tertiary/aromatic N) is 2. The number of aromatic carboxylic acids is 1. The number of imidazole rings is 1. The summed E-state index contributed by atoms with van der Waals surface area (Å²) < 4.78 is 2.35. The lowest BCUT2D eigenvalue weighted by Crippen LogP contribution is -2.15. The molecule has 0 atom stereocenters. The van der Waals surface area contributed by atoms with Gasteiger partial charge in [0.15, 0.2) is 0 Å². The Bertz CT molecular complexity index is 1230. The highest BCUT2D eigenvalue weighted by atomic mass is 16.4. The van der Waals surface area contributed by atoms with Crippen molar-refractivity contribution in [3.05, 3.63) is 90.2 Å². The van der Waals surface area contributed by atoms with Crippen LogP contribution < -0.4 is 5.32 Å². The van der Waals surface area contributed by atoms with E-state index in [0.717, 1.165) is 53.9 Å². The summed E-state index contributed by atoms with van der Waals surface area (Å²) in [6, 6.07) is 14.2. The van der Waals surface area contributed by atoms with Gasteiger partial charge >= 0.3 is 5.97 Å². The van der Waals surface area contributed by atoms with E-state index >= 15 is 0 Å². The smallest absolute Gasteiger partial charge is 0.335 e. The molecule has 0 unspecified atom stereocenters. The van der Waals surface area contributed by atoms with Crippen molar-refractivity contribution < 1.29 is 9.90 Å². The van der Waals surface area contributed by atoms with Crippen LogP contribution in [0.4, 0.5) is 0 Å². The fourth-order valence-corrected chi connectivity index (χ4v) is 4.76. The second kappa shape index (κ2) is 11.0. The van der Waals surface area contributed by atoms with Crippen LogP contribution in [0.15, 0.2) is 79.0 Å². The van der Waals surface area contributed by atoms with E-state index in [1.807, 2.05) is 37.3 Å². The van der Waals surface area contributed by atoms with Gasteiger partial charge in [0, 0.05) is 23.8 Å². The van der Waals surface area contributed by atoms with Gasteiger partial charge in [0.1, 0.15) is 5.82 Å². The van der Waals surface area contributed by atoms with E-state index in [1.54, 1.807) is 12.1 Å². The van der Waals surface area contributed by atoms with E-state index < -0.39 is 5.97 Å². The van der Waals surface area contributed by atoms with Crippen molar-refractivity contribution in [3.63, 3.8) is 0 Å². The van der Waals surface area contributed by atoms with Crippen LogP contribution in [-0.2, 0) is 6.42 Å². The zero-order chi connectivity index (χ0) is 23.9. The van der Waals surface area contributed by atoms with Gasteiger partial charge in [0.05, 0.1) is 16.6 Å². The van der Waals surface area contributed by atoms with Gasteiger partial charge in [-0.1, -0.05) is 56.2 Å². The van der Waals surface area contributed by atoms with Crippen LogP contribution in [0.25, 0.3) is 22.4 Å². The highest BCUT2D eigenvalue weighted by Gasteiger charge is 2.23. The summed E-state index contributed by atoms with van der Waals surface area (Å²) >= 11 is 0. The first-order chi connectivity index (χ1) is 16.6. The molecule has 0 amide bonds. The Morgan fingerprint density at radius 2 is 2.03 bits per heavy atom. The Morgan fingerprint density at radius 1 is 1.21 bits per heavy atom. The van der Waals surface area contributed by atoms with Gasteiger partial charge < -0.3 is 15.0 Å². The number of aromatic nitrogens is 2. The van der Waals surface area contributed by atoms with Gasteiger partial charge in [-0.25, -0.2) is 9.78 Å². The molecule has 176 valence electrons. The third kappa shape index (κ3) is 5.30. The van der Waals surface area contributed by atoms with Crippen molar-refractivity contribution in [2.45, 2.75) is 51.5 Å². The molecule has 0 aliphatic heterocycles. The SMILES string of the molecule is C=C/C(=C\C=C/C)NCCc1cccc(-c2nc3cc(C(=O)O)ccc3n2C2CCCCC2)c1. The van der Waals surface area contributed by atoms with Crippen LogP contribution >= 0.6 is 0 Å². The van der Waals surface area contributed by atoms with Gasteiger partial charge in [-0.2, -0.15) is 0 Å². The highest BCUT2D eigenvalue weighted by Crippen LogP contribution is 2.36. The zero-order valence-electron chi connectivity index (χ0n) is 19.8. The third-order valence-corrected chi connectivity index (χ3v) is 6.49. The van der Waals surface area contributed by atoms with E-state index in [1.165, 1.54) is 24.8 Å². The normalized spacial score (nSPS) is 15.1. The number of hydrogen-bond donors (Lipinski definition) is 2. The lowest BCUT2D eigenvalue weighted by Gasteiger charge is -2.25. The van der Waals surface area contributed by atoms with Gasteiger partial charge in [-0.05, 0) is 68.2 Å².